The summed E-state index contributed by atoms with van der Waals surface area (Å²) < 4.78 is 14.0. The molecule has 0 aliphatic carbocycles. The number of methoxy groups -OCH3 is 1. The number of benzene rings is 2. The van der Waals surface area contributed by atoms with Gasteiger partial charge in [0.2, 0.25) is 5.89 Å². The Morgan fingerprint density at radius 3 is 2.40 bits per heavy atom. The summed E-state index contributed by atoms with van der Waals surface area (Å²) in [6.45, 7) is 5.40. The number of oxazole rings is 1. The lowest BCUT2D eigenvalue weighted by molar-refractivity contribution is 0.412. The average Bonchev–Trinajstić information content (AvgIpc) is 3.22. The van der Waals surface area contributed by atoms with E-state index in [1.807, 2.05) is 62.4 Å². The molecule has 0 radical (unpaired) electrons. The summed E-state index contributed by atoms with van der Waals surface area (Å²) in [5.41, 5.74) is 2.59. The highest BCUT2D eigenvalue weighted by atomic mass is 16.5. The van der Waals surface area contributed by atoms with E-state index in [2.05, 4.69) is 9.97 Å². The Hall–Kier alpha value is -4.46. The van der Waals surface area contributed by atoms with Gasteiger partial charge in [0.05, 0.1) is 24.7 Å². The number of fused-ring (bicyclic) bond motifs is 1. The molecular weight excluding hydrogens is 444 g/mol. The molecule has 0 spiro atoms. The number of pyridine rings is 1. The molecule has 5 aromatic rings. The molecule has 8 heteroatoms. The van der Waals surface area contributed by atoms with Crippen molar-refractivity contribution >= 4 is 11.0 Å². The first-order valence-corrected chi connectivity index (χ1v) is 11.2. The molecule has 176 valence electrons. The highest BCUT2D eigenvalue weighted by Crippen LogP contribution is 2.25. The number of hydrogen-bond donors (Lipinski definition) is 0. The fourth-order valence-corrected chi connectivity index (χ4v) is 4.28. The minimum atomic E-state index is -0.534. The standard InChI is InChI=1S/C27H24N4O4/c1-16-14-17(2)28-24-23(16)26(32)30(27(33)31(24)21-12-8-9-13-22(21)34-4)15-20-18(3)35-25(29-20)19-10-6-5-7-11-19/h5-14H,15H2,1-4H3. The van der Waals surface area contributed by atoms with E-state index in [0.717, 1.165) is 11.1 Å². The van der Waals surface area contributed by atoms with Crippen molar-refractivity contribution in [2.24, 2.45) is 0 Å². The molecule has 0 aliphatic heterocycles. The van der Waals surface area contributed by atoms with Gasteiger partial charge >= 0.3 is 5.69 Å². The maximum Gasteiger partial charge on any atom is 0.337 e. The molecule has 3 heterocycles. The number of para-hydroxylation sites is 2. The molecule has 0 N–H and O–H groups in total. The number of ether oxygens (including phenoxy) is 1. The molecule has 3 aromatic heterocycles. The van der Waals surface area contributed by atoms with Crippen molar-refractivity contribution in [2.45, 2.75) is 27.3 Å². The van der Waals surface area contributed by atoms with E-state index in [4.69, 9.17) is 9.15 Å². The summed E-state index contributed by atoms with van der Waals surface area (Å²) in [6, 6.07) is 18.5. The van der Waals surface area contributed by atoms with Gasteiger partial charge in [0.1, 0.15) is 17.2 Å². The summed E-state index contributed by atoms with van der Waals surface area (Å²) in [4.78, 5) is 36.7. The zero-order valence-electron chi connectivity index (χ0n) is 19.9. The van der Waals surface area contributed by atoms with Crippen LogP contribution in [-0.2, 0) is 6.54 Å². The Balaban J connectivity index is 1.77. The van der Waals surface area contributed by atoms with Crippen molar-refractivity contribution < 1.29 is 9.15 Å². The van der Waals surface area contributed by atoms with Crippen LogP contribution in [0.1, 0.15) is 22.7 Å². The Labute approximate surface area is 201 Å². The first kappa shape index (κ1) is 22.3. The molecule has 8 nitrogen and oxygen atoms in total. The van der Waals surface area contributed by atoms with Gasteiger partial charge < -0.3 is 9.15 Å². The van der Waals surface area contributed by atoms with Crippen LogP contribution in [0.5, 0.6) is 5.75 Å². The second-order valence-electron chi connectivity index (χ2n) is 8.35. The summed E-state index contributed by atoms with van der Waals surface area (Å²) >= 11 is 0. The van der Waals surface area contributed by atoms with Crippen molar-refractivity contribution in [3.05, 3.63) is 104 Å². The highest BCUT2D eigenvalue weighted by Gasteiger charge is 2.22. The maximum absolute atomic E-state index is 13.9. The van der Waals surface area contributed by atoms with Crippen molar-refractivity contribution in [3.63, 3.8) is 0 Å². The topological polar surface area (TPSA) is 92.1 Å². The van der Waals surface area contributed by atoms with Gasteiger partial charge in [0.15, 0.2) is 5.65 Å². The zero-order chi connectivity index (χ0) is 24.7. The van der Waals surface area contributed by atoms with Crippen molar-refractivity contribution in [1.29, 1.82) is 0 Å². The van der Waals surface area contributed by atoms with E-state index in [0.29, 0.717) is 45.5 Å². The molecule has 0 amide bonds. The van der Waals surface area contributed by atoms with Crippen molar-refractivity contribution in [3.8, 4) is 22.9 Å². The Morgan fingerprint density at radius 2 is 1.66 bits per heavy atom. The third kappa shape index (κ3) is 3.82. The second kappa shape index (κ2) is 8.72. The van der Waals surface area contributed by atoms with Crippen LogP contribution in [0.2, 0.25) is 0 Å². The van der Waals surface area contributed by atoms with Crippen LogP contribution in [0.4, 0.5) is 0 Å². The first-order valence-electron chi connectivity index (χ1n) is 11.2. The van der Waals surface area contributed by atoms with E-state index in [1.165, 1.54) is 16.2 Å². The van der Waals surface area contributed by atoms with Crippen LogP contribution < -0.4 is 16.0 Å². The van der Waals surface area contributed by atoms with Gasteiger partial charge in [-0.25, -0.2) is 19.3 Å². The van der Waals surface area contributed by atoms with Gasteiger partial charge in [-0.1, -0.05) is 30.3 Å². The van der Waals surface area contributed by atoms with E-state index in [-0.39, 0.29) is 6.54 Å². The van der Waals surface area contributed by atoms with E-state index in [9.17, 15) is 9.59 Å². The van der Waals surface area contributed by atoms with Gasteiger partial charge in [-0.05, 0) is 56.7 Å². The van der Waals surface area contributed by atoms with Gasteiger partial charge in [-0.15, -0.1) is 0 Å². The Morgan fingerprint density at radius 1 is 0.943 bits per heavy atom. The number of nitrogens with zero attached hydrogens (tertiary/aromatic N) is 4. The smallest absolute Gasteiger partial charge is 0.337 e. The minimum Gasteiger partial charge on any atom is -0.495 e. The lowest BCUT2D eigenvalue weighted by atomic mass is 10.1. The number of aromatic nitrogens is 4. The average molecular weight is 469 g/mol. The van der Waals surface area contributed by atoms with Crippen LogP contribution in [-0.4, -0.2) is 26.2 Å². The fourth-order valence-electron chi connectivity index (χ4n) is 4.28. The van der Waals surface area contributed by atoms with E-state index < -0.39 is 11.2 Å². The fraction of sp³-hybridized carbons (Fsp3) is 0.185. The van der Waals surface area contributed by atoms with Crippen LogP contribution in [0, 0.1) is 20.8 Å². The van der Waals surface area contributed by atoms with Gasteiger partial charge in [0.25, 0.3) is 5.56 Å². The third-order valence-corrected chi connectivity index (χ3v) is 5.97. The van der Waals surface area contributed by atoms with Crippen LogP contribution in [0.25, 0.3) is 28.2 Å². The molecule has 0 saturated carbocycles. The molecule has 2 aromatic carbocycles. The van der Waals surface area contributed by atoms with E-state index >= 15 is 0 Å². The SMILES string of the molecule is COc1ccccc1-n1c(=O)n(Cc2nc(-c3ccccc3)oc2C)c(=O)c2c(C)cc(C)nc21. The van der Waals surface area contributed by atoms with E-state index in [1.54, 1.807) is 19.1 Å². The van der Waals surface area contributed by atoms with Crippen molar-refractivity contribution in [1.82, 2.24) is 19.1 Å². The van der Waals surface area contributed by atoms with Crippen LogP contribution >= 0.6 is 0 Å². The monoisotopic (exact) mass is 468 g/mol. The molecule has 0 saturated heterocycles. The summed E-state index contributed by atoms with van der Waals surface area (Å²) in [5.74, 6) is 1.47. The molecule has 5 rings (SSSR count). The van der Waals surface area contributed by atoms with Gasteiger partial charge in [-0.3, -0.25) is 9.36 Å². The molecular formula is C27H24N4O4. The zero-order valence-corrected chi connectivity index (χ0v) is 19.9. The summed E-state index contributed by atoms with van der Waals surface area (Å²) in [6.07, 6.45) is 0. The van der Waals surface area contributed by atoms with Crippen LogP contribution in [0.15, 0.2) is 74.7 Å². The predicted octanol–water partition coefficient (Wildman–Crippen LogP) is 4.18. The largest absolute Gasteiger partial charge is 0.495 e. The number of hydrogen-bond acceptors (Lipinski definition) is 6. The maximum atomic E-state index is 13.9. The van der Waals surface area contributed by atoms with Crippen molar-refractivity contribution in [2.75, 3.05) is 7.11 Å². The third-order valence-electron chi connectivity index (χ3n) is 5.97. The summed E-state index contributed by atoms with van der Waals surface area (Å²) in [7, 11) is 1.54. The first-order chi connectivity index (χ1) is 16.9. The second-order valence-corrected chi connectivity index (χ2v) is 8.35. The molecule has 0 unspecified atom stereocenters. The number of aryl methyl sites for hydroxylation is 3. The predicted molar refractivity (Wildman–Crippen MR) is 133 cm³/mol. The molecule has 0 fully saturated rings. The Bertz CT molecular complexity index is 1680. The molecule has 0 aliphatic rings. The molecule has 0 atom stereocenters. The number of rotatable bonds is 5. The molecule has 35 heavy (non-hydrogen) atoms. The summed E-state index contributed by atoms with van der Waals surface area (Å²) in [5, 5.41) is 0.366. The van der Waals surface area contributed by atoms with Gasteiger partial charge in [0, 0.05) is 11.3 Å². The van der Waals surface area contributed by atoms with Crippen LogP contribution in [0.3, 0.4) is 0 Å². The molecule has 0 bridgehead atoms. The quantitative estimate of drug-likeness (QED) is 0.384. The normalized spacial score (nSPS) is 11.2. The lowest BCUT2D eigenvalue weighted by Gasteiger charge is -2.16. The van der Waals surface area contributed by atoms with Gasteiger partial charge in [-0.2, -0.15) is 0 Å². The minimum absolute atomic E-state index is 0.0434. The highest BCUT2D eigenvalue weighted by molar-refractivity contribution is 5.80. The Kier molecular flexibility index (Phi) is 5.56. The lowest BCUT2D eigenvalue weighted by Crippen LogP contribution is -2.40.